The maximum atomic E-state index is 10.6. The van der Waals surface area contributed by atoms with Crippen LogP contribution in [0.3, 0.4) is 0 Å². The van der Waals surface area contributed by atoms with Crippen molar-refractivity contribution < 1.29 is 0 Å². The van der Waals surface area contributed by atoms with Gasteiger partial charge in [0.05, 0.1) is 51.6 Å². The highest BCUT2D eigenvalue weighted by atomic mass is 15.2. The number of benzene rings is 18. The van der Waals surface area contributed by atoms with E-state index in [0.29, 0.717) is 11.3 Å². The first-order valence-corrected chi connectivity index (χ1v) is 49.8. The quantitative estimate of drug-likeness (QED) is 0.0854. The summed E-state index contributed by atoms with van der Waals surface area (Å²) in [6.07, 6.45) is 0. The molecular weight excluding hydrogens is 1700 g/mol. The predicted octanol–water partition coefficient (Wildman–Crippen LogP) is 35.2. The maximum Gasteiger partial charge on any atom is 0.252 e. The SMILES string of the molecule is [C-]#[N+]c1ccc(-c2cc(-c3ccc(C(C)(C)C)cc3)c(N3c4cc(-n5c6ccc(C(C)(C)C)cc6c6cc(C(C)(C)C)ccc65)ccc4B4c5ccc(-n6c7ccc(C(C)(C)C)cc7c7cc(C(C)(C)C)ccc76)cc5N(c5c(-c6ccc(C(C)(C)C)cc6)cc(-c6ccc(C#N)cc6)cc5-c5cccc(-c6ccccc6)c5)c5cc(-c6ccccc6)cc3c54)c(-c3cccc(-c4ccccc4)c3)c2)cc1. The van der Waals surface area contributed by atoms with Gasteiger partial charge in [0.1, 0.15) is 0 Å². The van der Waals surface area contributed by atoms with E-state index in [9.17, 15) is 5.26 Å². The smallest absolute Gasteiger partial charge is 0.252 e. The van der Waals surface area contributed by atoms with Crippen molar-refractivity contribution in [1.29, 1.82) is 5.26 Å². The Balaban J connectivity index is 0.948. The summed E-state index contributed by atoms with van der Waals surface area (Å²) < 4.78 is 5.12. The van der Waals surface area contributed by atoms with Crippen LogP contribution in [0.25, 0.3) is 160 Å². The van der Waals surface area contributed by atoms with Gasteiger partial charge in [0, 0.05) is 77.9 Å². The Morgan fingerprint density at radius 2 is 0.525 bits per heavy atom. The molecule has 0 bridgehead atoms. The maximum absolute atomic E-state index is 10.6. The summed E-state index contributed by atoms with van der Waals surface area (Å²) in [5.74, 6) is 0. The summed E-state index contributed by atoms with van der Waals surface area (Å²) in [6, 6.07) is 148. The number of aromatic nitrogens is 2. The van der Waals surface area contributed by atoms with E-state index < -0.39 is 6.71 Å². The number of fused-ring (bicyclic) bond motifs is 10. The van der Waals surface area contributed by atoms with Gasteiger partial charge in [-0.25, -0.2) is 4.85 Å². The number of nitrogens with zero attached hydrogens (tertiary/aromatic N) is 6. The molecule has 0 N–H and O–H groups in total. The lowest BCUT2D eigenvalue weighted by Crippen LogP contribution is -2.61. The molecule has 4 heterocycles. The fourth-order valence-corrected chi connectivity index (χ4v) is 21.7. The highest BCUT2D eigenvalue weighted by molar-refractivity contribution is 7.00. The van der Waals surface area contributed by atoms with Crippen LogP contribution in [-0.2, 0) is 32.5 Å². The van der Waals surface area contributed by atoms with E-state index in [1.54, 1.807) is 0 Å². The van der Waals surface area contributed by atoms with Crippen LogP contribution in [-0.4, -0.2) is 15.8 Å². The topological polar surface area (TPSA) is 44.5 Å². The van der Waals surface area contributed by atoms with Crippen molar-refractivity contribution in [2.45, 2.75) is 157 Å². The molecule has 2 aromatic heterocycles. The zero-order chi connectivity index (χ0) is 97.8. The summed E-state index contributed by atoms with van der Waals surface area (Å²) in [7, 11) is 0. The fraction of sp³-hybridized carbons (Fsp3) is 0.179. The van der Waals surface area contributed by atoms with Crippen LogP contribution in [0.2, 0.25) is 0 Å². The lowest BCUT2D eigenvalue weighted by atomic mass is 9.33. The van der Waals surface area contributed by atoms with Crippen LogP contribution in [0.15, 0.2) is 382 Å². The van der Waals surface area contributed by atoms with Crippen molar-refractivity contribution in [3.63, 3.8) is 0 Å². The molecule has 0 atom stereocenters. The van der Waals surface area contributed by atoms with Gasteiger partial charge in [-0.3, -0.25) is 0 Å². The zero-order valence-electron chi connectivity index (χ0n) is 84.1. The largest absolute Gasteiger partial charge is 0.310 e. The third-order valence-electron chi connectivity index (χ3n) is 29.7. The summed E-state index contributed by atoms with van der Waals surface area (Å²) >= 11 is 0. The molecule has 18 aromatic carbocycles. The lowest BCUT2D eigenvalue weighted by Gasteiger charge is -2.46. The van der Waals surface area contributed by atoms with Crippen molar-refractivity contribution in [3.8, 4) is 118 Å². The number of anilines is 6. The van der Waals surface area contributed by atoms with Gasteiger partial charge >= 0.3 is 0 Å². The summed E-state index contributed by atoms with van der Waals surface area (Å²) in [4.78, 5) is 9.42. The fourth-order valence-electron chi connectivity index (χ4n) is 21.7. The van der Waals surface area contributed by atoms with Gasteiger partial charge in [0.25, 0.3) is 6.71 Å². The molecule has 0 aliphatic carbocycles. The van der Waals surface area contributed by atoms with Gasteiger partial charge in [0.2, 0.25) is 0 Å². The van der Waals surface area contributed by atoms with Crippen LogP contribution >= 0.6 is 0 Å². The van der Waals surface area contributed by atoms with E-state index in [1.165, 1.54) is 54.9 Å². The standard InChI is InChI=1S/C134H117BN6/c1-129(2,3)99-51-45-90(46-52-99)108-71-96(88-43-41-84(83-136)42-44-88)73-110(94-39-29-37-92(69-94)85-31-23-20-24-32-85)127(108)140-122-81-106(138-118-65-55-101(131(7,8)9)77-112(118)113-78-102(132(10,11)12)56-66-119(113)138)61-63-116(122)135-117-64-62-107(139-120-67-57-103(133(13,14)15)79-114(120)115-80-104(134(16,17)18)58-68-121(115)139)82-123(117)141(125-76-98(75-124(140)126(125)135)87-35-27-22-28-36-87)128-109(91-47-53-100(54-48-91)130(4,5)6)72-97(89-49-59-105(137-19)60-50-89)74-111(128)95-40-30-38-93(70-95)86-33-25-21-26-34-86/h20-82H,1-18H3. The van der Waals surface area contributed by atoms with Gasteiger partial charge in [-0.05, 0) is 294 Å². The predicted molar refractivity (Wildman–Crippen MR) is 601 cm³/mol. The molecule has 0 saturated heterocycles. The van der Waals surface area contributed by atoms with Gasteiger partial charge in [-0.1, -0.05) is 373 Å². The number of hydrogen-bond acceptors (Lipinski definition) is 3. The zero-order valence-corrected chi connectivity index (χ0v) is 84.1. The molecule has 20 aromatic rings. The van der Waals surface area contributed by atoms with Crippen molar-refractivity contribution >= 4 is 107 Å². The average Bonchev–Trinajstić information content (AvgIpc) is 1.44. The minimum Gasteiger partial charge on any atom is -0.310 e. The first kappa shape index (κ1) is 90.4. The monoisotopic (exact) mass is 1820 g/mol. The summed E-state index contributed by atoms with van der Waals surface area (Å²) in [5.41, 5.74) is 42.9. The molecule has 0 spiro atoms. The molecule has 0 fully saturated rings. The minimum absolute atomic E-state index is 0.131. The van der Waals surface area contributed by atoms with Gasteiger partial charge < -0.3 is 18.9 Å². The Labute approximate surface area is 832 Å². The molecule has 0 amide bonds. The second kappa shape index (κ2) is 34.1. The molecule has 7 heteroatoms. The van der Waals surface area contributed by atoms with E-state index in [4.69, 9.17) is 6.57 Å². The van der Waals surface area contributed by atoms with E-state index in [0.717, 1.165) is 184 Å². The molecular formula is C134H117BN6. The van der Waals surface area contributed by atoms with Crippen LogP contribution in [0.1, 0.15) is 164 Å². The third kappa shape index (κ3) is 16.2. The molecule has 2 aliphatic rings. The van der Waals surface area contributed by atoms with Crippen LogP contribution in [0.5, 0.6) is 0 Å². The molecule has 0 unspecified atom stereocenters. The Morgan fingerprint density at radius 3 is 0.851 bits per heavy atom. The van der Waals surface area contributed by atoms with Crippen molar-refractivity contribution in [1.82, 2.24) is 9.13 Å². The normalized spacial score (nSPS) is 12.8. The highest BCUT2D eigenvalue weighted by Gasteiger charge is 2.47. The summed E-state index contributed by atoms with van der Waals surface area (Å²) in [6.45, 7) is 49.7. The Morgan fingerprint density at radius 1 is 0.241 bits per heavy atom. The first-order chi connectivity index (χ1) is 67.6. The second-order valence-corrected chi connectivity index (χ2v) is 45.2. The third-order valence-corrected chi connectivity index (χ3v) is 29.7. The van der Waals surface area contributed by atoms with Gasteiger partial charge in [-0.2, -0.15) is 5.26 Å². The van der Waals surface area contributed by atoms with Gasteiger partial charge in [-0.15, -0.1) is 0 Å². The van der Waals surface area contributed by atoms with Crippen molar-refractivity contribution in [2.24, 2.45) is 0 Å². The van der Waals surface area contributed by atoms with Crippen molar-refractivity contribution in [2.75, 3.05) is 9.80 Å². The van der Waals surface area contributed by atoms with Crippen molar-refractivity contribution in [3.05, 3.63) is 433 Å². The van der Waals surface area contributed by atoms with Crippen LogP contribution < -0.4 is 26.2 Å². The number of hydrogen-bond donors (Lipinski definition) is 0. The number of rotatable bonds is 13. The van der Waals surface area contributed by atoms with Crippen LogP contribution in [0, 0.1) is 17.9 Å². The van der Waals surface area contributed by atoms with E-state index in [-0.39, 0.29) is 32.5 Å². The van der Waals surface area contributed by atoms with Gasteiger partial charge in [0.15, 0.2) is 5.69 Å². The second-order valence-electron chi connectivity index (χ2n) is 45.2. The molecule has 0 saturated carbocycles. The molecule has 6 nitrogen and oxygen atoms in total. The number of nitriles is 1. The minimum atomic E-state index is -0.430. The summed E-state index contributed by atoms with van der Waals surface area (Å²) in [5, 5.41) is 15.4. The highest BCUT2D eigenvalue weighted by Crippen LogP contribution is 2.58. The Bertz CT molecular complexity index is 7870. The average molecular weight is 1820 g/mol. The Hall–Kier alpha value is -15.8. The Kier molecular flexibility index (Phi) is 21.8. The van der Waals surface area contributed by atoms with E-state index in [2.05, 4.69) is 512 Å². The molecule has 686 valence electrons. The van der Waals surface area contributed by atoms with Crippen LogP contribution in [0.4, 0.5) is 39.8 Å². The molecule has 141 heavy (non-hydrogen) atoms. The molecule has 22 rings (SSSR count). The first-order valence-electron chi connectivity index (χ1n) is 49.8. The molecule has 2 aliphatic heterocycles. The van der Waals surface area contributed by atoms with E-state index >= 15 is 0 Å². The van der Waals surface area contributed by atoms with E-state index in [1.807, 2.05) is 24.3 Å². The lowest BCUT2D eigenvalue weighted by molar-refractivity contribution is 0.590. The molecule has 0 radical (unpaired) electrons.